The van der Waals surface area contributed by atoms with E-state index >= 15 is 0 Å². The van der Waals surface area contributed by atoms with E-state index in [-0.39, 0.29) is 5.60 Å². The Bertz CT molecular complexity index is 507. The summed E-state index contributed by atoms with van der Waals surface area (Å²) < 4.78 is 6.13. The summed E-state index contributed by atoms with van der Waals surface area (Å²) in [6.45, 7) is 3.71. The van der Waals surface area contributed by atoms with Crippen LogP contribution in [0.5, 0.6) is 0 Å². The Hall–Kier alpha value is -0.800. The van der Waals surface area contributed by atoms with Crippen LogP contribution in [0, 0.1) is 5.92 Å². The van der Waals surface area contributed by atoms with Crippen LogP contribution >= 0.6 is 11.3 Å². The van der Waals surface area contributed by atoms with E-state index in [1.165, 1.54) is 62.2 Å². The first-order valence-corrected chi connectivity index (χ1v) is 9.38. The van der Waals surface area contributed by atoms with Gasteiger partial charge in [-0.1, -0.05) is 19.3 Å². The molecule has 0 amide bonds. The van der Waals surface area contributed by atoms with Crippen LogP contribution in [0.25, 0.3) is 6.08 Å². The Morgan fingerprint density at radius 1 is 1.19 bits per heavy atom. The van der Waals surface area contributed by atoms with E-state index in [1.54, 1.807) is 0 Å². The highest BCUT2D eigenvalue weighted by molar-refractivity contribution is 7.11. The van der Waals surface area contributed by atoms with Gasteiger partial charge in [-0.15, -0.1) is 11.3 Å². The fourth-order valence-electron chi connectivity index (χ4n) is 4.33. The maximum atomic E-state index is 6.13. The molecule has 4 rings (SSSR count). The number of likely N-dealkylation sites (tertiary alicyclic amines) is 1. The van der Waals surface area contributed by atoms with Crippen molar-refractivity contribution in [1.82, 2.24) is 4.90 Å². The zero-order chi connectivity index (χ0) is 14.1. The van der Waals surface area contributed by atoms with E-state index in [0.29, 0.717) is 0 Å². The van der Waals surface area contributed by atoms with Crippen molar-refractivity contribution in [3.05, 3.63) is 28.1 Å². The molecule has 2 fully saturated rings. The van der Waals surface area contributed by atoms with Crippen molar-refractivity contribution in [3.8, 4) is 0 Å². The Labute approximate surface area is 131 Å². The summed E-state index contributed by atoms with van der Waals surface area (Å²) in [6.07, 6.45) is 13.6. The molecule has 1 saturated carbocycles. The highest BCUT2D eigenvalue weighted by Crippen LogP contribution is 2.43. The normalized spacial score (nSPS) is 25.7. The molecule has 3 heteroatoms. The minimum Gasteiger partial charge on any atom is -0.490 e. The molecule has 1 saturated heterocycles. The monoisotopic (exact) mass is 303 g/mol. The molecule has 1 aromatic heterocycles. The van der Waals surface area contributed by atoms with Crippen molar-refractivity contribution in [2.75, 3.05) is 19.6 Å². The molecule has 1 aromatic rings. The van der Waals surface area contributed by atoms with Gasteiger partial charge in [-0.3, -0.25) is 0 Å². The quantitative estimate of drug-likeness (QED) is 0.790. The van der Waals surface area contributed by atoms with Crippen molar-refractivity contribution in [2.24, 2.45) is 5.92 Å². The van der Waals surface area contributed by atoms with Crippen molar-refractivity contribution in [2.45, 2.75) is 50.5 Å². The van der Waals surface area contributed by atoms with Crippen LogP contribution in [0.3, 0.4) is 0 Å². The summed E-state index contributed by atoms with van der Waals surface area (Å²) in [5.41, 5.74) is 1.42. The summed E-state index contributed by atoms with van der Waals surface area (Å²) >= 11 is 1.84. The van der Waals surface area contributed by atoms with E-state index in [4.69, 9.17) is 4.74 Å². The van der Waals surface area contributed by atoms with Gasteiger partial charge in [0.25, 0.3) is 0 Å². The minimum atomic E-state index is -0.0207. The smallest absolute Gasteiger partial charge is 0.137 e. The van der Waals surface area contributed by atoms with Gasteiger partial charge in [-0.05, 0) is 36.3 Å². The van der Waals surface area contributed by atoms with E-state index in [9.17, 15) is 0 Å². The summed E-state index contributed by atoms with van der Waals surface area (Å²) in [5, 5.41) is 2.21. The summed E-state index contributed by atoms with van der Waals surface area (Å²) in [5.74, 6) is 0.955. The molecule has 0 aromatic carbocycles. The average molecular weight is 303 g/mol. The molecule has 0 bridgehead atoms. The van der Waals surface area contributed by atoms with Crippen molar-refractivity contribution in [1.29, 1.82) is 0 Å². The highest BCUT2D eigenvalue weighted by atomic mass is 32.1. The Balaban J connectivity index is 1.39. The zero-order valence-electron chi connectivity index (χ0n) is 12.7. The number of thiophene rings is 1. The molecule has 0 radical (unpaired) electrons. The van der Waals surface area contributed by atoms with Crippen LogP contribution in [0.4, 0.5) is 0 Å². The Kier molecular flexibility index (Phi) is 3.80. The molecule has 114 valence electrons. The number of piperidine rings is 1. The van der Waals surface area contributed by atoms with Crippen molar-refractivity contribution >= 4 is 17.4 Å². The largest absolute Gasteiger partial charge is 0.490 e. The maximum Gasteiger partial charge on any atom is 0.137 e. The van der Waals surface area contributed by atoms with Gasteiger partial charge in [0.1, 0.15) is 5.60 Å². The third kappa shape index (κ3) is 2.66. The van der Waals surface area contributed by atoms with Gasteiger partial charge in [0, 0.05) is 42.9 Å². The maximum absolute atomic E-state index is 6.13. The number of hydrogen-bond acceptors (Lipinski definition) is 3. The average Bonchev–Trinajstić information content (AvgIpc) is 3.01. The number of rotatable bonds is 2. The molecule has 0 atom stereocenters. The SMILES string of the molecule is C1=Cc2sccc2C2(CCN(CC3CCCCC3)CC2)O1. The van der Waals surface area contributed by atoms with E-state index in [0.717, 1.165) is 18.8 Å². The predicted octanol–water partition coefficient (Wildman–Crippen LogP) is 4.62. The summed E-state index contributed by atoms with van der Waals surface area (Å²) in [4.78, 5) is 4.09. The first kappa shape index (κ1) is 13.8. The van der Waals surface area contributed by atoms with Crippen molar-refractivity contribution < 1.29 is 4.74 Å². The number of nitrogens with zero attached hydrogens (tertiary/aromatic N) is 1. The minimum absolute atomic E-state index is 0.0207. The standard InChI is InChI=1S/C18H25NOS/c1-2-4-15(5-3-1)14-19-10-8-18(9-11-19)16-7-13-21-17(16)6-12-20-18/h6-7,12-13,15H,1-5,8-11,14H2. The second-order valence-corrected chi connectivity index (χ2v) is 7.87. The highest BCUT2D eigenvalue weighted by Gasteiger charge is 2.41. The molecule has 3 heterocycles. The third-order valence-corrected chi connectivity index (χ3v) is 6.49. The first-order chi connectivity index (χ1) is 10.4. The third-order valence-electron chi connectivity index (χ3n) is 5.60. The van der Waals surface area contributed by atoms with Gasteiger partial charge in [-0.25, -0.2) is 0 Å². The van der Waals surface area contributed by atoms with Crippen LogP contribution in [0.1, 0.15) is 55.4 Å². The second-order valence-electron chi connectivity index (χ2n) is 6.92. The van der Waals surface area contributed by atoms with Crippen LogP contribution in [-0.2, 0) is 10.3 Å². The molecule has 1 aliphatic carbocycles. The number of fused-ring (bicyclic) bond motifs is 2. The van der Waals surface area contributed by atoms with Gasteiger partial charge in [0.15, 0.2) is 0 Å². The summed E-state index contributed by atoms with van der Waals surface area (Å²) in [6, 6.07) is 2.28. The molecular formula is C18H25NOS. The molecule has 21 heavy (non-hydrogen) atoms. The topological polar surface area (TPSA) is 12.5 Å². The fourth-order valence-corrected chi connectivity index (χ4v) is 5.20. The van der Waals surface area contributed by atoms with Gasteiger partial charge >= 0.3 is 0 Å². The van der Waals surface area contributed by atoms with E-state index < -0.39 is 0 Å². The van der Waals surface area contributed by atoms with E-state index in [2.05, 4.69) is 22.4 Å². The Morgan fingerprint density at radius 2 is 2.00 bits per heavy atom. The lowest BCUT2D eigenvalue weighted by atomic mass is 9.82. The molecule has 0 N–H and O–H groups in total. The molecule has 2 aliphatic heterocycles. The predicted molar refractivity (Wildman–Crippen MR) is 88.4 cm³/mol. The Morgan fingerprint density at radius 3 is 2.81 bits per heavy atom. The lowest BCUT2D eigenvalue weighted by Crippen LogP contribution is -2.45. The summed E-state index contributed by atoms with van der Waals surface area (Å²) in [7, 11) is 0. The second kappa shape index (κ2) is 5.77. The van der Waals surface area contributed by atoms with Crippen LogP contribution in [-0.4, -0.2) is 24.5 Å². The van der Waals surface area contributed by atoms with Gasteiger partial charge in [0.2, 0.25) is 0 Å². The molecule has 0 unspecified atom stereocenters. The zero-order valence-corrected chi connectivity index (χ0v) is 13.5. The lowest BCUT2D eigenvalue weighted by Gasteiger charge is -2.43. The molecule has 2 nitrogen and oxygen atoms in total. The molecular weight excluding hydrogens is 278 g/mol. The fraction of sp³-hybridized carbons (Fsp3) is 0.667. The van der Waals surface area contributed by atoms with Crippen molar-refractivity contribution in [3.63, 3.8) is 0 Å². The van der Waals surface area contributed by atoms with Gasteiger partial charge in [0.05, 0.1) is 6.26 Å². The first-order valence-electron chi connectivity index (χ1n) is 8.50. The molecule has 3 aliphatic rings. The molecule has 1 spiro atoms. The van der Waals surface area contributed by atoms with Gasteiger partial charge < -0.3 is 9.64 Å². The van der Waals surface area contributed by atoms with Crippen LogP contribution < -0.4 is 0 Å². The van der Waals surface area contributed by atoms with Crippen LogP contribution in [0.15, 0.2) is 17.7 Å². The number of ether oxygens (including phenoxy) is 1. The van der Waals surface area contributed by atoms with E-state index in [1.807, 2.05) is 17.6 Å². The number of hydrogen-bond donors (Lipinski definition) is 0. The van der Waals surface area contributed by atoms with Gasteiger partial charge in [-0.2, -0.15) is 0 Å². The van der Waals surface area contributed by atoms with Crippen LogP contribution in [0.2, 0.25) is 0 Å². The lowest BCUT2D eigenvalue weighted by molar-refractivity contribution is -0.0425.